The predicted molar refractivity (Wildman–Crippen MR) is 136 cm³/mol. The number of aromatic nitrogens is 5. The number of carbonyl (C=O) groups excluding carboxylic acids is 2. The third-order valence-electron chi connectivity index (χ3n) is 7.02. The highest BCUT2D eigenvalue weighted by Crippen LogP contribution is 2.37. The minimum Gasteiger partial charge on any atom is -0.325 e. The Kier molecular flexibility index (Phi) is 5.69. The molecule has 2 N–H and O–H groups in total. The molecule has 184 valence electrons. The molecule has 3 aromatic heterocycles. The molecule has 2 amide bonds. The molecular formula is C25H25ClN8O2. The molecule has 2 aliphatic rings. The van der Waals surface area contributed by atoms with Crippen molar-refractivity contribution in [2.75, 3.05) is 23.7 Å². The zero-order chi connectivity index (χ0) is 24.8. The maximum Gasteiger partial charge on any atom is 0.259 e. The molecule has 1 saturated carbocycles. The fourth-order valence-corrected chi connectivity index (χ4v) is 5.42. The van der Waals surface area contributed by atoms with Crippen molar-refractivity contribution < 1.29 is 9.59 Å². The second-order valence-electron chi connectivity index (χ2n) is 9.52. The molecule has 1 aliphatic heterocycles. The molecule has 36 heavy (non-hydrogen) atoms. The van der Waals surface area contributed by atoms with Gasteiger partial charge in [0, 0.05) is 37.1 Å². The normalized spacial score (nSPS) is 19.2. The number of anilines is 2. The lowest BCUT2D eigenvalue weighted by Crippen LogP contribution is -2.38. The minimum atomic E-state index is -0.376. The van der Waals surface area contributed by atoms with Gasteiger partial charge in [-0.25, -0.2) is 4.52 Å². The minimum absolute atomic E-state index is 0.0692. The van der Waals surface area contributed by atoms with Crippen LogP contribution in [0.15, 0.2) is 49.2 Å². The molecule has 2 atom stereocenters. The number of carbonyl (C=O) groups is 2. The van der Waals surface area contributed by atoms with Crippen LogP contribution in [0, 0.1) is 5.92 Å². The third-order valence-corrected chi connectivity index (χ3v) is 7.35. The van der Waals surface area contributed by atoms with Gasteiger partial charge in [0.2, 0.25) is 5.91 Å². The highest BCUT2D eigenvalue weighted by atomic mass is 35.5. The zero-order valence-electron chi connectivity index (χ0n) is 19.7. The highest BCUT2D eigenvalue weighted by Gasteiger charge is 2.38. The monoisotopic (exact) mass is 504 g/mol. The molecule has 1 saturated heterocycles. The number of nitrogens with zero attached hydrogens (tertiary/aromatic N) is 6. The van der Waals surface area contributed by atoms with Crippen LogP contribution < -0.4 is 10.6 Å². The molecular weight excluding hydrogens is 480 g/mol. The number of rotatable bonds is 6. The molecule has 1 aliphatic carbocycles. The second kappa shape index (κ2) is 9.03. The molecule has 2 fully saturated rings. The first kappa shape index (κ1) is 22.7. The number of nitrogens with one attached hydrogen (secondary N) is 2. The van der Waals surface area contributed by atoms with Crippen LogP contribution in [0.3, 0.4) is 0 Å². The Morgan fingerprint density at radius 2 is 2.00 bits per heavy atom. The lowest BCUT2D eigenvalue weighted by Gasteiger charge is -2.25. The van der Waals surface area contributed by atoms with Gasteiger partial charge in [0.15, 0.2) is 0 Å². The summed E-state index contributed by atoms with van der Waals surface area (Å²) in [5, 5.41) is 14.6. The van der Waals surface area contributed by atoms with Crippen LogP contribution in [-0.2, 0) is 11.8 Å². The standard InChI is InChI=1S/C25H25ClN8O2/c1-32-12-16(8-28-32)22-13-34-23(10-27-22)19(9-29-34)25(36)31-21-7-17(3-5-20(21)26)30-24(35)14-33-11-15-2-4-18(33)6-15/h3,5,7-10,12-13,15,18H,2,4,6,11,14H2,1H3,(H,30,35)(H,31,36). The number of fused-ring (bicyclic) bond motifs is 3. The summed E-state index contributed by atoms with van der Waals surface area (Å²) in [7, 11) is 1.83. The third kappa shape index (κ3) is 4.33. The van der Waals surface area contributed by atoms with E-state index in [9.17, 15) is 9.59 Å². The Hall–Kier alpha value is -3.76. The van der Waals surface area contributed by atoms with Gasteiger partial charge in [0.1, 0.15) is 0 Å². The topological polar surface area (TPSA) is 109 Å². The van der Waals surface area contributed by atoms with Crippen LogP contribution in [-0.4, -0.2) is 60.2 Å². The molecule has 0 spiro atoms. The van der Waals surface area contributed by atoms with E-state index in [0.717, 1.165) is 18.0 Å². The van der Waals surface area contributed by atoms with Gasteiger partial charge in [-0.1, -0.05) is 11.6 Å². The van der Waals surface area contributed by atoms with Crippen molar-refractivity contribution in [1.82, 2.24) is 29.3 Å². The highest BCUT2D eigenvalue weighted by molar-refractivity contribution is 6.34. The average molecular weight is 505 g/mol. The summed E-state index contributed by atoms with van der Waals surface area (Å²) in [6, 6.07) is 5.58. The van der Waals surface area contributed by atoms with Crippen LogP contribution in [0.4, 0.5) is 11.4 Å². The molecule has 4 heterocycles. The van der Waals surface area contributed by atoms with Crippen LogP contribution in [0.2, 0.25) is 5.02 Å². The molecule has 0 radical (unpaired) electrons. The maximum atomic E-state index is 13.1. The van der Waals surface area contributed by atoms with E-state index in [4.69, 9.17) is 11.6 Å². The van der Waals surface area contributed by atoms with Crippen molar-refractivity contribution in [2.24, 2.45) is 13.0 Å². The van der Waals surface area contributed by atoms with E-state index < -0.39 is 0 Å². The summed E-state index contributed by atoms with van der Waals surface area (Å²) in [4.78, 5) is 32.4. The fraction of sp³-hybridized carbons (Fsp3) is 0.320. The Morgan fingerprint density at radius 3 is 2.75 bits per heavy atom. The van der Waals surface area contributed by atoms with E-state index in [-0.39, 0.29) is 11.8 Å². The number of piperidine rings is 1. The SMILES string of the molecule is Cn1cc(-c2cn3ncc(C(=O)Nc4cc(NC(=O)CN5CC6CCC5C6)ccc4Cl)c3cn2)cn1. The van der Waals surface area contributed by atoms with Gasteiger partial charge >= 0.3 is 0 Å². The van der Waals surface area contributed by atoms with Crippen molar-refractivity contribution in [3.05, 3.63) is 59.8 Å². The number of amides is 2. The smallest absolute Gasteiger partial charge is 0.259 e. The Labute approximate surface area is 212 Å². The zero-order valence-corrected chi connectivity index (χ0v) is 20.4. The van der Waals surface area contributed by atoms with Gasteiger partial charge in [-0.15, -0.1) is 0 Å². The number of halogens is 1. The summed E-state index contributed by atoms with van der Waals surface area (Å²) >= 11 is 6.35. The van der Waals surface area contributed by atoms with Gasteiger partial charge in [-0.2, -0.15) is 10.2 Å². The fourth-order valence-electron chi connectivity index (χ4n) is 5.25. The van der Waals surface area contributed by atoms with Crippen LogP contribution >= 0.6 is 11.6 Å². The van der Waals surface area contributed by atoms with Crippen molar-refractivity contribution in [3.8, 4) is 11.3 Å². The molecule has 2 unspecified atom stereocenters. The molecule has 1 aromatic carbocycles. The first-order valence-corrected chi connectivity index (χ1v) is 12.3. The van der Waals surface area contributed by atoms with Crippen molar-refractivity contribution >= 4 is 40.3 Å². The number of aryl methyl sites for hydroxylation is 1. The average Bonchev–Trinajstić information content (AvgIpc) is 3.65. The van der Waals surface area contributed by atoms with E-state index >= 15 is 0 Å². The van der Waals surface area contributed by atoms with Crippen molar-refractivity contribution in [3.63, 3.8) is 0 Å². The first-order valence-electron chi connectivity index (χ1n) is 11.9. The van der Waals surface area contributed by atoms with Gasteiger partial charge in [-0.05, 0) is 43.4 Å². The molecule has 10 nitrogen and oxygen atoms in total. The van der Waals surface area contributed by atoms with E-state index in [1.807, 2.05) is 13.2 Å². The summed E-state index contributed by atoms with van der Waals surface area (Å²) in [6.07, 6.45) is 12.1. The Balaban J connectivity index is 1.15. The first-order chi connectivity index (χ1) is 17.4. The van der Waals surface area contributed by atoms with E-state index in [1.165, 1.54) is 25.5 Å². The summed E-state index contributed by atoms with van der Waals surface area (Å²) in [5.41, 5.74) is 3.43. The Bertz CT molecular complexity index is 1480. The van der Waals surface area contributed by atoms with Crippen LogP contribution in [0.5, 0.6) is 0 Å². The number of benzene rings is 1. The van der Waals surface area contributed by atoms with Gasteiger partial charge in [0.25, 0.3) is 5.91 Å². The van der Waals surface area contributed by atoms with E-state index in [1.54, 1.807) is 46.0 Å². The van der Waals surface area contributed by atoms with Crippen molar-refractivity contribution in [1.29, 1.82) is 0 Å². The molecule has 11 heteroatoms. The molecule has 4 aromatic rings. The number of hydrogen-bond acceptors (Lipinski definition) is 6. The van der Waals surface area contributed by atoms with Crippen LogP contribution in [0.25, 0.3) is 16.8 Å². The van der Waals surface area contributed by atoms with Gasteiger partial charge in [-0.3, -0.25) is 24.2 Å². The summed E-state index contributed by atoms with van der Waals surface area (Å²) < 4.78 is 3.30. The van der Waals surface area contributed by atoms with Gasteiger partial charge in [0.05, 0.1) is 58.8 Å². The number of hydrogen-bond donors (Lipinski definition) is 2. The molecule has 6 rings (SSSR count). The Morgan fingerprint density at radius 1 is 1.11 bits per heavy atom. The maximum absolute atomic E-state index is 13.1. The summed E-state index contributed by atoms with van der Waals surface area (Å²) in [5.74, 6) is 0.289. The summed E-state index contributed by atoms with van der Waals surface area (Å²) in [6.45, 7) is 1.38. The number of likely N-dealkylation sites (tertiary alicyclic amines) is 1. The lowest BCUT2D eigenvalue weighted by atomic mass is 10.1. The van der Waals surface area contributed by atoms with E-state index in [2.05, 4.69) is 30.7 Å². The second-order valence-corrected chi connectivity index (χ2v) is 9.93. The largest absolute Gasteiger partial charge is 0.325 e. The van der Waals surface area contributed by atoms with Crippen molar-refractivity contribution in [2.45, 2.75) is 25.3 Å². The van der Waals surface area contributed by atoms with Gasteiger partial charge < -0.3 is 10.6 Å². The predicted octanol–water partition coefficient (Wildman–Crippen LogP) is 3.46. The van der Waals surface area contributed by atoms with Crippen LogP contribution in [0.1, 0.15) is 29.6 Å². The lowest BCUT2D eigenvalue weighted by molar-refractivity contribution is -0.117. The van der Waals surface area contributed by atoms with E-state index in [0.29, 0.717) is 45.8 Å². The quantitative estimate of drug-likeness (QED) is 0.416. The molecule has 2 bridgehead atoms.